The van der Waals surface area contributed by atoms with Gasteiger partial charge >= 0.3 is 79.2 Å². The van der Waals surface area contributed by atoms with Gasteiger partial charge in [-0.25, -0.2) is 0 Å². The molecular formula is C10H17Br2Ru. The molecule has 1 aliphatic carbocycles. The maximum atomic E-state index is 2.77. The molecule has 0 N–H and O–H groups in total. The zero-order chi connectivity index (χ0) is 8.81. The van der Waals surface area contributed by atoms with Gasteiger partial charge in [-0.1, -0.05) is 0 Å². The molecule has 0 fully saturated rings. The summed E-state index contributed by atoms with van der Waals surface area (Å²) in [6.07, 6.45) is 0. The first-order valence-electron chi connectivity index (χ1n) is 3.93. The molecule has 0 radical (unpaired) electrons. The summed E-state index contributed by atoms with van der Waals surface area (Å²) in [5, 5.41) is 0. The molecule has 13 heavy (non-hydrogen) atoms. The molecule has 1 rings (SSSR count). The van der Waals surface area contributed by atoms with E-state index in [0.717, 1.165) is 0 Å². The second kappa shape index (κ2) is 5.23. The Kier molecular flexibility index (Phi) is 6.64. The molecule has 0 aromatic carbocycles. The summed E-state index contributed by atoms with van der Waals surface area (Å²) in [6.45, 7) is 11.2. The number of allylic oxidation sites excluding steroid dienone is 4. The first-order chi connectivity index (χ1) is 4.89. The van der Waals surface area contributed by atoms with Gasteiger partial charge < -0.3 is 0 Å². The van der Waals surface area contributed by atoms with Crippen molar-refractivity contribution in [1.82, 2.24) is 0 Å². The Hall–Kier alpha value is 1.06. The molecule has 0 saturated carbocycles. The van der Waals surface area contributed by atoms with Crippen LogP contribution in [0.5, 0.6) is 0 Å². The van der Waals surface area contributed by atoms with Crippen LogP contribution in [0.25, 0.3) is 0 Å². The maximum absolute atomic E-state index is 2.77. The average molecular weight is 398 g/mol. The van der Waals surface area contributed by atoms with Gasteiger partial charge in [0.15, 0.2) is 0 Å². The normalized spacial score (nSPS) is 19.8. The fraction of sp³-hybridized carbons (Fsp3) is 0.600. The fourth-order valence-corrected chi connectivity index (χ4v) is 2.19. The summed E-state index contributed by atoms with van der Waals surface area (Å²) >= 11 is 2.77. The van der Waals surface area contributed by atoms with E-state index in [-0.39, 0.29) is 39.4 Å². The molecule has 0 heterocycles. The van der Waals surface area contributed by atoms with Crippen LogP contribution >= 0.6 is 34.0 Å². The molecule has 0 bridgehead atoms. The molecule has 0 saturated heterocycles. The zero-order valence-electron chi connectivity index (χ0n) is 8.67. The van der Waals surface area contributed by atoms with Gasteiger partial charge in [-0.2, -0.15) is 0 Å². The third kappa shape index (κ3) is 2.55. The van der Waals surface area contributed by atoms with E-state index in [0.29, 0.717) is 0 Å². The predicted molar refractivity (Wildman–Crippen MR) is 65.5 cm³/mol. The second-order valence-corrected chi connectivity index (χ2v) is 4.67. The Labute approximate surface area is 112 Å². The van der Waals surface area contributed by atoms with Crippen molar-refractivity contribution >= 4 is 34.0 Å². The van der Waals surface area contributed by atoms with Crippen LogP contribution < -0.4 is 0 Å². The van der Waals surface area contributed by atoms with Gasteiger partial charge in [-0.05, 0) is 0 Å². The van der Waals surface area contributed by atoms with Gasteiger partial charge in [0.05, 0.1) is 0 Å². The molecular weight excluding hydrogens is 381 g/mol. The van der Waals surface area contributed by atoms with E-state index in [1.165, 1.54) is 20.9 Å². The van der Waals surface area contributed by atoms with E-state index in [9.17, 15) is 0 Å². The van der Waals surface area contributed by atoms with Crippen molar-refractivity contribution in [3.63, 3.8) is 0 Å². The van der Waals surface area contributed by atoms with Gasteiger partial charge in [0.2, 0.25) is 0 Å². The summed E-state index contributed by atoms with van der Waals surface area (Å²) in [5.41, 5.74) is 4.74. The Morgan fingerprint density at radius 1 is 0.923 bits per heavy atom. The van der Waals surface area contributed by atoms with E-state index in [1.54, 1.807) is 0 Å². The van der Waals surface area contributed by atoms with Gasteiger partial charge in [-0.3, -0.25) is 0 Å². The third-order valence-electron chi connectivity index (χ3n) is 2.92. The molecule has 0 amide bonds. The first kappa shape index (κ1) is 16.5. The number of hydrogen-bond donors (Lipinski definition) is 0. The standard InChI is InChI=1S/C10H15.2BrH.Ru/c1-7-6-10(4,5)9(3)8(7)2;;;/h1-5H3;2*1H;. The monoisotopic (exact) mass is 397 g/mol. The van der Waals surface area contributed by atoms with Crippen LogP contribution in [0.1, 0.15) is 34.6 Å². The minimum absolute atomic E-state index is 0. The van der Waals surface area contributed by atoms with Gasteiger partial charge in [-0.15, -0.1) is 34.0 Å². The van der Waals surface area contributed by atoms with Crippen molar-refractivity contribution in [2.75, 3.05) is 0 Å². The van der Waals surface area contributed by atoms with Crippen molar-refractivity contribution in [1.29, 1.82) is 0 Å². The number of halogens is 2. The molecule has 0 spiro atoms. The SMILES string of the molecule is Br.Br.CC1=C(C)C(C)(C)[C]([Ru])=C1C. The predicted octanol–water partition coefficient (Wildman–Crippen LogP) is 4.34. The second-order valence-electron chi connectivity index (χ2n) is 3.80. The molecule has 79 valence electrons. The van der Waals surface area contributed by atoms with Crippen molar-refractivity contribution in [2.45, 2.75) is 34.6 Å². The Morgan fingerprint density at radius 3 is 1.38 bits per heavy atom. The van der Waals surface area contributed by atoms with Crippen LogP contribution in [0.4, 0.5) is 0 Å². The van der Waals surface area contributed by atoms with E-state index >= 15 is 0 Å². The summed E-state index contributed by atoms with van der Waals surface area (Å²) in [5.74, 6) is 0. The Balaban J connectivity index is 0. The van der Waals surface area contributed by atoms with Crippen LogP contribution in [0.2, 0.25) is 0 Å². The van der Waals surface area contributed by atoms with Crippen molar-refractivity contribution in [3.8, 4) is 0 Å². The van der Waals surface area contributed by atoms with E-state index in [4.69, 9.17) is 0 Å². The summed E-state index contributed by atoms with van der Waals surface area (Å²) in [7, 11) is 0. The van der Waals surface area contributed by atoms with Crippen molar-refractivity contribution in [2.24, 2.45) is 5.41 Å². The minimum atomic E-state index is 0. The molecule has 0 nitrogen and oxygen atoms in total. The zero-order valence-corrected chi connectivity index (χ0v) is 13.8. The van der Waals surface area contributed by atoms with Gasteiger partial charge in [0, 0.05) is 0 Å². The third-order valence-corrected chi connectivity index (χ3v) is 4.65. The van der Waals surface area contributed by atoms with Crippen LogP contribution in [0.3, 0.4) is 0 Å². The van der Waals surface area contributed by atoms with Crippen LogP contribution in [0.15, 0.2) is 20.9 Å². The molecule has 0 atom stereocenters. The molecule has 0 unspecified atom stereocenters. The quantitative estimate of drug-likeness (QED) is 0.533. The Bertz CT molecular complexity index is 236. The molecule has 0 aromatic heterocycles. The topological polar surface area (TPSA) is 0 Å². The van der Waals surface area contributed by atoms with E-state index in [1.807, 2.05) is 0 Å². The Morgan fingerprint density at radius 2 is 1.31 bits per heavy atom. The molecule has 0 aliphatic heterocycles. The summed E-state index contributed by atoms with van der Waals surface area (Å²) in [4.78, 5) is 0. The molecule has 1 aliphatic rings. The fourth-order valence-electron chi connectivity index (χ4n) is 1.54. The van der Waals surface area contributed by atoms with Crippen LogP contribution in [-0.4, -0.2) is 0 Å². The van der Waals surface area contributed by atoms with Gasteiger partial charge in [0.1, 0.15) is 0 Å². The van der Waals surface area contributed by atoms with Crippen molar-refractivity contribution in [3.05, 3.63) is 20.9 Å². The first-order valence-corrected chi connectivity index (χ1v) is 4.80. The molecule has 3 heteroatoms. The van der Waals surface area contributed by atoms with E-state index < -0.39 is 0 Å². The molecule has 0 aromatic rings. The van der Waals surface area contributed by atoms with E-state index in [2.05, 4.69) is 52.9 Å². The number of hydrogen-bond acceptors (Lipinski definition) is 0. The van der Waals surface area contributed by atoms with Crippen LogP contribution in [-0.2, 0) is 18.3 Å². The van der Waals surface area contributed by atoms with Crippen LogP contribution in [0, 0.1) is 5.41 Å². The van der Waals surface area contributed by atoms with Gasteiger partial charge in [0.25, 0.3) is 0 Å². The van der Waals surface area contributed by atoms with Crippen molar-refractivity contribution < 1.29 is 18.3 Å². The number of rotatable bonds is 0. The summed E-state index contributed by atoms with van der Waals surface area (Å²) < 4.78 is 1.46. The summed E-state index contributed by atoms with van der Waals surface area (Å²) in [6, 6.07) is 0. The average Bonchev–Trinajstić information content (AvgIpc) is 2.06.